The Morgan fingerprint density at radius 3 is 2.92 bits per heavy atom. The van der Waals surface area contributed by atoms with Gasteiger partial charge in [-0.25, -0.2) is 4.39 Å². The van der Waals surface area contributed by atoms with Crippen molar-refractivity contribution in [3.05, 3.63) is 53.6 Å². The average molecular weight is 360 g/mol. The second kappa shape index (κ2) is 8.42. The van der Waals surface area contributed by atoms with Gasteiger partial charge in [0.25, 0.3) is 5.91 Å². The maximum absolute atomic E-state index is 14.0. The normalized spacial score (nSPS) is 19.7. The zero-order valence-corrected chi connectivity index (χ0v) is 15.1. The molecule has 26 heavy (non-hydrogen) atoms. The summed E-state index contributed by atoms with van der Waals surface area (Å²) in [5, 5.41) is 10.6. The Hall–Kier alpha value is -2.25. The third kappa shape index (κ3) is 4.11. The van der Waals surface area contributed by atoms with Gasteiger partial charge < -0.3 is 15.4 Å². The van der Waals surface area contributed by atoms with E-state index in [2.05, 4.69) is 15.7 Å². The van der Waals surface area contributed by atoms with Gasteiger partial charge in [0.05, 0.1) is 12.1 Å². The predicted octanol–water partition coefficient (Wildman–Crippen LogP) is 2.45. The van der Waals surface area contributed by atoms with E-state index in [1.54, 1.807) is 31.2 Å². The first-order chi connectivity index (χ1) is 12.6. The van der Waals surface area contributed by atoms with Gasteiger partial charge in [0.15, 0.2) is 0 Å². The first-order valence-corrected chi connectivity index (χ1v) is 8.94. The Labute approximate surface area is 152 Å². The SMILES string of the molecule is COC(c1ccccc1F)C(C)NC(=O)c1ccn(C2CCCNC2)n1. The molecule has 1 aromatic heterocycles. The van der Waals surface area contributed by atoms with Crippen molar-refractivity contribution in [2.45, 2.75) is 38.0 Å². The van der Waals surface area contributed by atoms with E-state index in [1.165, 1.54) is 13.2 Å². The molecule has 1 aromatic carbocycles. The van der Waals surface area contributed by atoms with Crippen LogP contribution in [0.5, 0.6) is 0 Å². The van der Waals surface area contributed by atoms with Gasteiger partial charge in [0.2, 0.25) is 0 Å². The van der Waals surface area contributed by atoms with Crippen LogP contribution in [0, 0.1) is 5.82 Å². The van der Waals surface area contributed by atoms with E-state index in [-0.39, 0.29) is 17.8 Å². The second-order valence-corrected chi connectivity index (χ2v) is 6.62. The highest BCUT2D eigenvalue weighted by Gasteiger charge is 2.25. The molecule has 0 radical (unpaired) electrons. The molecule has 1 fully saturated rings. The monoisotopic (exact) mass is 360 g/mol. The lowest BCUT2D eigenvalue weighted by molar-refractivity contribution is 0.0622. The topological polar surface area (TPSA) is 68.2 Å². The molecule has 3 unspecified atom stereocenters. The molecule has 1 saturated heterocycles. The van der Waals surface area contributed by atoms with E-state index in [1.807, 2.05) is 10.9 Å². The largest absolute Gasteiger partial charge is 0.375 e. The molecule has 0 aliphatic carbocycles. The van der Waals surface area contributed by atoms with Crippen molar-refractivity contribution < 1.29 is 13.9 Å². The summed E-state index contributed by atoms with van der Waals surface area (Å²) in [5.74, 6) is -0.645. The molecule has 1 aliphatic heterocycles. The standard InChI is InChI=1S/C19H25FN4O2/c1-13(18(26-2)15-7-3-4-8-16(15)20)22-19(25)17-9-11-24(23-17)14-6-5-10-21-12-14/h3-4,7-9,11,13-14,18,21H,5-6,10,12H2,1-2H3,(H,22,25). The van der Waals surface area contributed by atoms with E-state index >= 15 is 0 Å². The Morgan fingerprint density at radius 2 is 2.23 bits per heavy atom. The summed E-state index contributed by atoms with van der Waals surface area (Å²) in [6.07, 6.45) is 3.40. The molecule has 2 N–H and O–H groups in total. The summed E-state index contributed by atoms with van der Waals surface area (Å²) in [4.78, 5) is 12.5. The summed E-state index contributed by atoms with van der Waals surface area (Å²) in [5.41, 5.74) is 0.771. The van der Waals surface area contributed by atoms with Gasteiger partial charge in [-0.3, -0.25) is 9.48 Å². The molecule has 2 aromatic rings. The summed E-state index contributed by atoms with van der Waals surface area (Å²) in [6, 6.07) is 7.99. The number of hydrogen-bond acceptors (Lipinski definition) is 4. The molecule has 7 heteroatoms. The number of piperidine rings is 1. The molecule has 1 aliphatic rings. The van der Waals surface area contributed by atoms with Crippen LogP contribution in [0.2, 0.25) is 0 Å². The first-order valence-electron chi connectivity index (χ1n) is 8.94. The van der Waals surface area contributed by atoms with Crippen LogP contribution in [0.3, 0.4) is 0 Å². The minimum atomic E-state index is -0.579. The van der Waals surface area contributed by atoms with Gasteiger partial charge in [0, 0.05) is 25.4 Å². The number of benzene rings is 1. The number of amides is 1. The van der Waals surface area contributed by atoms with Crippen molar-refractivity contribution in [1.82, 2.24) is 20.4 Å². The smallest absolute Gasteiger partial charge is 0.272 e. The molecule has 2 heterocycles. The third-order valence-electron chi connectivity index (χ3n) is 4.76. The average Bonchev–Trinajstić information content (AvgIpc) is 3.15. The number of nitrogens with one attached hydrogen (secondary N) is 2. The molecule has 3 rings (SSSR count). The van der Waals surface area contributed by atoms with Gasteiger partial charge in [-0.05, 0) is 38.4 Å². The number of hydrogen-bond donors (Lipinski definition) is 2. The van der Waals surface area contributed by atoms with Crippen LogP contribution in [0.4, 0.5) is 4.39 Å². The van der Waals surface area contributed by atoms with E-state index in [4.69, 9.17) is 4.74 Å². The molecular formula is C19H25FN4O2. The molecule has 6 nitrogen and oxygen atoms in total. The van der Waals surface area contributed by atoms with Crippen LogP contribution in [-0.2, 0) is 4.74 Å². The molecule has 0 bridgehead atoms. The summed E-state index contributed by atoms with van der Waals surface area (Å²) in [7, 11) is 1.50. The predicted molar refractivity (Wildman–Crippen MR) is 96.4 cm³/mol. The molecule has 0 saturated carbocycles. The van der Waals surface area contributed by atoms with Crippen molar-refractivity contribution >= 4 is 5.91 Å². The highest BCUT2D eigenvalue weighted by Crippen LogP contribution is 2.23. The highest BCUT2D eigenvalue weighted by molar-refractivity contribution is 5.92. The Morgan fingerprint density at radius 1 is 1.42 bits per heavy atom. The van der Waals surface area contributed by atoms with Crippen LogP contribution in [-0.4, -0.2) is 41.9 Å². The van der Waals surface area contributed by atoms with E-state index in [0.29, 0.717) is 11.3 Å². The van der Waals surface area contributed by atoms with Gasteiger partial charge >= 0.3 is 0 Å². The highest BCUT2D eigenvalue weighted by atomic mass is 19.1. The van der Waals surface area contributed by atoms with Gasteiger partial charge in [-0.2, -0.15) is 5.10 Å². The number of carbonyl (C=O) groups is 1. The lowest BCUT2D eigenvalue weighted by Gasteiger charge is -2.24. The maximum atomic E-state index is 14.0. The number of carbonyl (C=O) groups excluding carboxylic acids is 1. The van der Waals surface area contributed by atoms with Crippen LogP contribution in [0.1, 0.15) is 48.0 Å². The van der Waals surface area contributed by atoms with Crippen molar-refractivity contribution in [2.24, 2.45) is 0 Å². The zero-order valence-electron chi connectivity index (χ0n) is 15.1. The molecule has 0 spiro atoms. The lowest BCUT2D eigenvalue weighted by atomic mass is 10.0. The summed E-state index contributed by atoms with van der Waals surface area (Å²) < 4.78 is 21.3. The molecule has 1 amide bonds. The fraction of sp³-hybridized carbons (Fsp3) is 0.474. The number of ether oxygens (including phenoxy) is 1. The van der Waals surface area contributed by atoms with Crippen molar-refractivity contribution in [3.8, 4) is 0 Å². The fourth-order valence-corrected chi connectivity index (χ4v) is 3.38. The van der Waals surface area contributed by atoms with E-state index in [9.17, 15) is 9.18 Å². The number of nitrogens with zero attached hydrogens (tertiary/aromatic N) is 2. The fourth-order valence-electron chi connectivity index (χ4n) is 3.38. The van der Waals surface area contributed by atoms with E-state index < -0.39 is 12.1 Å². The van der Waals surface area contributed by atoms with Crippen molar-refractivity contribution in [2.75, 3.05) is 20.2 Å². The van der Waals surface area contributed by atoms with E-state index in [0.717, 1.165) is 25.9 Å². The minimum absolute atomic E-state index is 0.271. The number of rotatable bonds is 6. The number of halogens is 1. The molecule has 3 atom stereocenters. The first kappa shape index (κ1) is 18.5. The van der Waals surface area contributed by atoms with Gasteiger partial charge in [0.1, 0.15) is 17.6 Å². The Kier molecular flexibility index (Phi) is 6.00. The Bertz CT molecular complexity index is 743. The van der Waals surface area contributed by atoms with Crippen LogP contribution in [0.15, 0.2) is 36.5 Å². The summed E-state index contributed by atoms with van der Waals surface area (Å²) >= 11 is 0. The molecule has 140 valence electrons. The minimum Gasteiger partial charge on any atom is -0.375 e. The van der Waals surface area contributed by atoms with Gasteiger partial charge in [-0.15, -0.1) is 0 Å². The quantitative estimate of drug-likeness (QED) is 0.830. The van der Waals surface area contributed by atoms with Crippen LogP contribution >= 0.6 is 0 Å². The second-order valence-electron chi connectivity index (χ2n) is 6.62. The van der Waals surface area contributed by atoms with Crippen molar-refractivity contribution in [1.29, 1.82) is 0 Å². The molecular weight excluding hydrogens is 335 g/mol. The Balaban J connectivity index is 1.67. The lowest BCUT2D eigenvalue weighted by Crippen LogP contribution is -2.38. The maximum Gasteiger partial charge on any atom is 0.272 e. The zero-order chi connectivity index (χ0) is 18.5. The van der Waals surface area contributed by atoms with Crippen LogP contribution < -0.4 is 10.6 Å². The number of aromatic nitrogens is 2. The van der Waals surface area contributed by atoms with Crippen LogP contribution in [0.25, 0.3) is 0 Å². The van der Waals surface area contributed by atoms with Crippen molar-refractivity contribution in [3.63, 3.8) is 0 Å². The van der Waals surface area contributed by atoms with Gasteiger partial charge in [-0.1, -0.05) is 18.2 Å². The number of methoxy groups -OCH3 is 1. The third-order valence-corrected chi connectivity index (χ3v) is 4.76. The summed E-state index contributed by atoms with van der Waals surface area (Å²) in [6.45, 7) is 3.68.